The Morgan fingerprint density at radius 3 is 1.32 bits per heavy atom. The second-order valence-corrected chi connectivity index (χ2v) is 6.78. The van der Waals surface area contributed by atoms with Crippen molar-refractivity contribution in [2.45, 2.75) is 9.79 Å². The van der Waals surface area contributed by atoms with E-state index in [-0.39, 0.29) is 72.7 Å². The van der Waals surface area contributed by atoms with Crippen molar-refractivity contribution in [1.29, 1.82) is 0 Å². The van der Waals surface area contributed by atoms with Crippen LogP contribution in [0.15, 0.2) is 34.1 Å². The Morgan fingerprint density at radius 1 is 0.727 bits per heavy atom. The average Bonchev–Trinajstić information content (AvgIpc) is 2.25. The molecule has 22 heavy (non-hydrogen) atoms. The molecule has 2 aromatic rings. The third-order valence-electron chi connectivity index (χ3n) is 2.55. The van der Waals surface area contributed by atoms with Gasteiger partial charge in [0.25, 0.3) is 20.2 Å². The van der Waals surface area contributed by atoms with Crippen LogP contribution in [-0.4, -0.2) is 36.2 Å². The first-order valence-corrected chi connectivity index (χ1v) is 7.83. The van der Waals surface area contributed by atoms with Gasteiger partial charge < -0.3 is 13.1 Å². The second kappa shape index (κ2) is 7.34. The molecule has 12 heteroatoms. The van der Waals surface area contributed by atoms with E-state index in [0.29, 0.717) is 12.1 Å². The third-order valence-corrected chi connectivity index (χ3v) is 4.21. The molecule has 112 valence electrons. The van der Waals surface area contributed by atoms with Crippen LogP contribution in [0.1, 0.15) is 2.85 Å². The normalized spacial score (nSPS) is 11.5. The summed E-state index contributed by atoms with van der Waals surface area (Å²) in [7, 11) is -9.26. The molecular weight excluding hydrogens is 358 g/mol. The maximum atomic E-state index is 11.0. The number of benzene rings is 2. The van der Waals surface area contributed by atoms with Crippen molar-refractivity contribution in [2.24, 2.45) is 0 Å². The van der Waals surface area contributed by atoms with Gasteiger partial charge in [0, 0.05) is 12.1 Å². The van der Waals surface area contributed by atoms with Gasteiger partial charge in [0.2, 0.25) is 0 Å². The molecule has 0 aromatic heterocycles. The van der Waals surface area contributed by atoms with Crippen molar-refractivity contribution in [2.75, 3.05) is 0 Å². The van der Waals surface area contributed by atoms with Gasteiger partial charge in [-0.1, -0.05) is 0 Å². The predicted molar refractivity (Wildman–Crippen MR) is 69.1 cm³/mol. The molecule has 0 unspecified atom stereocenters. The minimum Gasteiger partial charge on any atom is -1.00 e. The van der Waals surface area contributed by atoms with E-state index in [9.17, 15) is 27.0 Å². The first-order chi connectivity index (χ1) is 9.00. The van der Waals surface area contributed by atoms with Crippen LogP contribution in [0, 0.1) is 0 Å². The summed E-state index contributed by atoms with van der Waals surface area (Å²) in [5, 5.41) is 18.9. The zero-order valence-electron chi connectivity index (χ0n) is 13.5. The molecule has 0 bridgehead atoms. The molecule has 8 nitrogen and oxygen atoms in total. The van der Waals surface area contributed by atoms with Crippen LogP contribution in [0.4, 0.5) is 0 Å². The average molecular weight is 368 g/mol. The number of fused-ring (bicyclic) bond motifs is 1. The van der Waals surface area contributed by atoms with Crippen LogP contribution in [0.2, 0.25) is 0 Å². The Morgan fingerprint density at radius 2 is 1.05 bits per heavy atom. The molecule has 2 aromatic carbocycles. The molecule has 0 radical (unpaired) electrons. The van der Waals surface area contributed by atoms with Crippen LogP contribution < -0.4 is 59.1 Å². The maximum Gasteiger partial charge on any atom is 1.00 e. The monoisotopic (exact) mass is 368 g/mol. The number of hydrogen-bond donors (Lipinski definition) is 4. The largest absolute Gasteiger partial charge is 1.00 e. The van der Waals surface area contributed by atoms with E-state index in [1.54, 1.807) is 0 Å². The topological polar surface area (TPSA) is 149 Å². The predicted octanol–water partition coefficient (Wildman–Crippen LogP) is -5.02. The maximum absolute atomic E-state index is 11.0. The summed E-state index contributed by atoms with van der Waals surface area (Å²) in [6.45, 7) is 0. The zero-order chi connectivity index (χ0) is 15.3. The molecule has 0 amide bonds. The van der Waals surface area contributed by atoms with Gasteiger partial charge in [0.15, 0.2) is 0 Å². The molecule has 0 aliphatic carbocycles. The summed E-state index contributed by atoms with van der Waals surface area (Å²) in [5.41, 5.74) is 0. The van der Waals surface area contributed by atoms with Gasteiger partial charge in [-0.3, -0.25) is 9.11 Å². The minimum absolute atomic E-state index is 0. The third kappa shape index (κ3) is 4.57. The van der Waals surface area contributed by atoms with Crippen LogP contribution >= 0.6 is 0 Å². The fourth-order valence-corrected chi connectivity index (χ4v) is 2.79. The van der Waals surface area contributed by atoms with E-state index in [1.165, 1.54) is 0 Å². The van der Waals surface area contributed by atoms with E-state index in [1.807, 2.05) is 0 Å². The zero-order valence-corrected chi connectivity index (χ0v) is 17.2. The molecule has 0 saturated heterocycles. The van der Waals surface area contributed by atoms with Crippen molar-refractivity contribution in [1.82, 2.24) is 0 Å². The molecule has 0 saturated carbocycles. The number of phenolic OH excluding ortho intramolecular Hbond substituents is 2. The smallest absolute Gasteiger partial charge is 1.00 e. The van der Waals surface area contributed by atoms with Gasteiger partial charge in [0.1, 0.15) is 11.5 Å². The van der Waals surface area contributed by atoms with Gasteiger partial charge in [-0.2, -0.15) is 16.8 Å². The van der Waals surface area contributed by atoms with Crippen LogP contribution in [-0.2, 0) is 20.2 Å². The van der Waals surface area contributed by atoms with E-state index < -0.39 is 41.5 Å². The Balaban J connectivity index is -0.00000110. The van der Waals surface area contributed by atoms with E-state index in [0.717, 1.165) is 12.1 Å². The van der Waals surface area contributed by atoms with Crippen molar-refractivity contribution in [3.63, 3.8) is 0 Å². The quantitative estimate of drug-likeness (QED) is 0.304. The molecule has 2 rings (SSSR count). The number of hydrogen-bond acceptors (Lipinski definition) is 6. The molecule has 0 atom stereocenters. The SMILES string of the molecule is O=S(=O)(O)c1cc(O)c2c(O)cc(S(=O)(=O)O)cc2c1.[H-].[H-].[Na+].[Na+]. The van der Waals surface area contributed by atoms with Crippen LogP contribution in [0.5, 0.6) is 11.5 Å². The summed E-state index contributed by atoms with van der Waals surface area (Å²) < 4.78 is 61.8. The van der Waals surface area contributed by atoms with Gasteiger partial charge in [-0.05, 0) is 17.5 Å². The van der Waals surface area contributed by atoms with E-state index in [4.69, 9.17) is 9.11 Å². The van der Waals surface area contributed by atoms with Gasteiger partial charge in [-0.25, -0.2) is 0 Å². The summed E-state index contributed by atoms with van der Waals surface area (Å²) in [6.07, 6.45) is 0. The molecule has 0 heterocycles. The van der Waals surface area contributed by atoms with Crippen LogP contribution in [0.25, 0.3) is 10.8 Å². The molecule has 0 aliphatic heterocycles. The fourth-order valence-electron chi connectivity index (χ4n) is 1.71. The number of rotatable bonds is 2. The van der Waals surface area contributed by atoms with E-state index >= 15 is 0 Å². The molecule has 0 aliphatic rings. The summed E-state index contributed by atoms with van der Waals surface area (Å²) in [4.78, 5) is -1.37. The summed E-state index contributed by atoms with van der Waals surface area (Å²) >= 11 is 0. The fraction of sp³-hybridized carbons (Fsp3) is 0. The Bertz CT molecular complexity index is 859. The van der Waals surface area contributed by atoms with Gasteiger partial charge in [0.05, 0.1) is 15.2 Å². The van der Waals surface area contributed by atoms with Gasteiger partial charge >= 0.3 is 59.1 Å². The van der Waals surface area contributed by atoms with Crippen molar-refractivity contribution in [3.05, 3.63) is 24.3 Å². The first-order valence-electron chi connectivity index (χ1n) is 4.95. The number of phenols is 2. The minimum atomic E-state index is -4.63. The molecule has 0 spiro atoms. The molecular formula is C10H10Na2O8S2. The number of aromatic hydroxyl groups is 2. The van der Waals surface area contributed by atoms with Crippen LogP contribution in [0.3, 0.4) is 0 Å². The van der Waals surface area contributed by atoms with Crippen molar-refractivity contribution >= 4 is 31.0 Å². The Labute approximate surface area is 173 Å². The Kier molecular flexibility index (Phi) is 7.38. The Hall–Kier alpha value is 0.120. The summed E-state index contributed by atoms with van der Waals surface area (Å²) in [5.74, 6) is -1.34. The van der Waals surface area contributed by atoms with Gasteiger partial charge in [-0.15, -0.1) is 0 Å². The molecule has 4 N–H and O–H groups in total. The van der Waals surface area contributed by atoms with E-state index in [2.05, 4.69) is 0 Å². The first kappa shape index (κ1) is 22.1. The second-order valence-electron chi connectivity index (χ2n) is 3.93. The molecule has 0 fully saturated rings. The standard InChI is InChI=1S/C10H8O8S2.2Na.2H/c11-8-3-6(19(13,14)15)1-5-2-7(20(16,17)18)4-9(12)10(5)8;;;;/h1-4,11-12H,(H,13,14,15)(H,16,17,18);;;;/q;2*+1;2*-1. The van der Waals surface area contributed by atoms with Crippen molar-refractivity contribution < 1.29 is 98.1 Å². The summed E-state index contributed by atoms with van der Waals surface area (Å²) in [6, 6.07) is 3.09. The van der Waals surface area contributed by atoms with Crippen molar-refractivity contribution in [3.8, 4) is 11.5 Å².